The molecule has 3 heterocycles. The van der Waals surface area contributed by atoms with Gasteiger partial charge in [0.2, 0.25) is 0 Å². The predicted octanol–water partition coefficient (Wildman–Crippen LogP) is 2.89. The van der Waals surface area contributed by atoms with E-state index in [1.807, 2.05) is 0 Å². The van der Waals surface area contributed by atoms with Gasteiger partial charge in [-0.15, -0.1) is 0 Å². The molecule has 3 aliphatic heterocycles. The smallest absolute Gasteiger partial charge is 0.409 e. The Morgan fingerprint density at radius 3 is 2.55 bits per heavy atom. The largest absolute Gasteiger partial charge is 0.450 e. The van der Waals surface area contributed by atoms with Crippen molar-refractivity contribution in [2.24, 2.45) is 5.41 Å². The van der Waals surface area contributed by atoms with Crippen molar-refractivity contribution in [1.29, 1.82) is 0 Å². The number of nitrogens with zero attached hydrogens (tertiary/aromatic N) is 2. The van der Waals surface area contributed by atoms with Crippen molar-refractivity contribution >= 4 is 12.2 Å². The van der Waals surface area contributed by atoms with Crippen molar-refractivity contribution < 1.29 is 32.2 Å². The summed E-state index contributed by atoms with van der Waals surface area (Å²) in [6.45, 7) is 4.83. The topological polar surface area (TPSA) is 71.1 Å². The lowest BCUT2D eigenvalue weighted by Gasteiger charge is -2.52. The molecule has 0 aromatic heterocycles. The standard InChI is InChI=1S/C19H28F3N3O4/c1-2-28-16(27)25-6-3-17(12-25)9-13(10-17)24-7-4-18(5-8-24)14(11-19(20,21)22)23-15(26)29-18/h13-14H,2-12H2,1H3,(H,23,26). The van der Waals surface area contributed by atoms with Gasteiger partial charge in [-0.1, -0.05) is 0 Å². The van der Waals surface area contributed by atoms with Gasteiger partial charge in [0, 0.05) is 45.1 Å². The lowest BCUT2D eigenvalue weighted by Crippen LogP contribution is -2.59. The summed E-state index contributed by atoms with van der Waals surface area (Å²) in [5.74, 6) is 0. The number of likely N-dealkylation sites (tertiary alicyclic amines) is 2. The van der Waals surface area contributed by atoms with Crippen molar-refractivity contribution in [2.75, 3.05) is 32.8 Å². The van der Waals surface area contributed by atoms with E-state index in [0.29, 0.717) is 38.6 Å². The van der Waals surface area contributed by atoms with Gasteiger partial charge in [-0.25, -0.2) is 9.59 Å². The number of alkyl carbamates (subject to hydrolysis) is 1. The highest BCUT2D eigenvalue weighted by atomic mass is 19.4. The molecular formula is C19H28F3N3O4. The molecule has 1 atom stereocenters. The average molecular weight is 419 g/mol. The predicted molar refractivity (Wildman–Crippen MR) is 96.3 cm³/mol. The molecular weight excluding hydrogens is 391 g/mol. The minimum absolute atomic E-state index is 0.146. The first-order valence-corrected chi connectivity index (χ1v) is 10.4. The van der Waals surface area contributed by atoms with E-state index in [1.54, 1.807) is 11.8 Å². The minimum atomic E-state index is -4.34. The number of piperidine rings is 1. The fraction of sp³-hybridized carbons (Fsp3) is 0.895. The Morgan fingerprint density at radius 2 is 1.93 bits per heavy atom. The van der Waals surface area contributed by atoms with E-state index >= 15 is 0 Å². The lowest BCUT2D eigenvalue weighted by atomic mass is 9.64. The van der Waals surface area contributed by atoms with Crippen LogP contribution in [0.4, 0.5) is 22.8 Å². The zero-order valence-electron chi connectivity index (χ0n) is 16.6. The van der Waals surface area contributed by atoms with Crippen molar-refractivity contribution in [2.45, 2.75) is 69.3 Å². The van der Waals surface area contributed by atoms with E-state index in [0.717, 1.165) is 32.4 Å². The van der Waals surface area contributed by atoms with Gasteiger partial charge in [0.05, 0.1) is 19.1 Å². The molecule has 1 unspecified atom stereocenters. The van der Waals surface area contributed by atoms with E-state index < -0.39 is 30.3 Å². The van der Waals surface area contributed by atoms with Crippen LogP contribution in [0.2, 0.25) is 0 Å². The van der Waals surface area contributed by atoms with Crippen LogP contribution in [0, 0.1) is 5.41 Å². The van der Waals surface area contributed by atoms with E-state index in [4.69, 9.17) is 9.47 Å². The van der Waals surface area contributed by atoms with E-state index in [1.165, 1.54) is 0 Å². The highest BCUT2D eigenvalue weighted by molar-refractivity contribution is 5.71. The van der Waals surface area contributed by atoms with Crippen molar-refractivity contribution in [3.63, 3.8) is 0 Å². The molecule has 164 valence electrons. The second kappa shape index (κ2) is 7.21. The van der Waals surface area contributed by atoms with Crippen LogP contribution in [0.1, 0.15) is 45.4 Å². The normalized spacial score (nSPS) is 34.2. The Hall–Kier alpha value is -1.71. The fourth-order valence-electron chi connectivity index (χ4n) is 5.58. The summed E-state index contributed by atoms with van der Waals surface area (Å²) in [4.78, 5) is 27.6. The van der Waals surface area contributed by atoms with Gasteiger partial charge in [0.25, 0.3) is 0 Å². The number of halogens is 3. The van der Waals surface area contributed by atoms with E-state index in [2.05, 4.69) is 10.2 Å². The Labute approximate surface area is 167 Å². The van der Waals surface area contributed by atoms with Gasteiger partial charge in [0.15, 0.2) is 0 Å². The van der Waals surface area contributed by atoms with Gasteiger partial charge in [0.1, 0.15) is 5.60 Å². The van der Waals surface area contributed by atoms with Crippen LogP contribution >= 0.6 is 0 Å². The molecule has 0 bridgehead atoms. The second-order valence-electron chi connectivity index (χ2n) is 8.94. The van der Waals surface area contributed by atoms with Gasteiger partial charge in [-0.2, -0.15) is 13.2 Å². The number of hydrogen-bond donors (Lipinski definition) is 1. The third-order valence-corrected chi connectivity index (χ3v) is 7.12. The molecule has 2 spiro atoms. The monoisotopic (exact) mass is 419 g/mol. The molecule has 1 N–H and O–H groups in total. The number of rotatable bonds is 3. The highest BCUT2D eigenvalue weighted by Crippen LogP contribution is 2.51. The fourth-order valence-corrected chi connectivity index (χ4v) is 5.58. The summed E-state index contributed by atoms with van der Waals surface area (Å²) < 4.78 is 49.1. The maximum Gasteiger partial charge on any atom is 0.409 e. The summed E-state index contributed by atoms with van der Waals surface area (Å²) in [5.41, 5.74) is -0.911. The Balaban J connectivity index is 1.29. The number of carbonyl (C=O) groups is 2. The lowest BCUT2D eigenvalue weighted by molar-refractivity contribution is -0.152. The summed E-state index contributed by atoms with van der Waals surface area (Å²) >= 11 is 0. The number of nitrogens with one attached hydrogen (secondary N) is 1. The zero-order valence-corrected chi connectivity index (χ0v) is 16.6. The highest BCUT2D eigenvalue weighted by Gasteiger charge is 2.56. The van der Waals surface area contributed by atoms with Gasteiger partial charge in [-0.05, 0) is 31.6 Å². The zero-order chi connectivity index (χ0) is 20.9. The Bertz CT molecular complexity index is 658. The molecule has 29 heavy (non-hydrogen) atoms. The van der Waals surface area contributed by atoms with Gasteiger partial charge in [-0.3, -0.25) is 0 Å². The molecule has 3 saturated heterocycles. The summed E-state index contributed by atoms with van der Waals surface area (Å²) in [6, 6.07) is -0.640. The molecule has 0 aromatic rings. The minimum Gasteiger partial charge on any atom is -0.450 e. The maximum absolute atomic E-state index is 12.9. The van der Waals surface area contributed by atoms with E-state index in [-0.39, 0.29) is 11.5 Å². The Kier molecular flexibility index (Phi) is 5.11. The number of carbonyl (C=O) groups excluding carboxylic acids is 2. The van der Waals surface area contributed by atoms with Crippen LogP contribution in [0.5, 0.6) is 0 Å². The second-order valence-corrected chi connectivity index (χ2v) is 8.94. The van der Waals surface area contributed by atoms with Crippen LogP contribution < -0.4 is 5.32 Å². The van der Waals surface area contributed by atoms with Crippen molar-refractivity contribution in [3.05, 3.63) is 0 Å². The van der Waals surface area contributed by atoms with Crippen molar-refractivity contribution in [3.8, 4) is 0 Å². The van der Waals surface area contributed by atoms with Crippen LogP contribution in [0.25, 0.3) is 0 Å². The summed E-state index contributed by atoms with van der Waals surface area (Å²) in [6.07, 6.45) is -2.65. The number of ether oxygens (including phenoxy) is 2. The quantitative estimate of drug-likeness (QED) is 0.762. The SMILES string of the molecule is CCOC(=O)N1CCC2(CC(N3CCC4(CC3)OC(=O)NC4CC(F)(F)F)C2)C1. The molecule has 4 fully saturated rings. The average Bonchev–Trinajstić information content (AvgIpc) is 3.16. The first-order chi connectivity index (χ1) is 13.6. The van der Waals surface area contributed by atoms with Crippen molar-refractivity contribution in [1.82, 2.24) is 15.1 Å². The molecule has 0 radical (unpaired) electrons. The van der Waals surface area contributed by atoms with Gasteiger partial charge < -0.3 is 24.6 Å². The molecule has 4 aliphatic rings. The first-order valence-electron chi connectivity index (χ1n) is 10.4. The maximum atomic E-state index is 12.9. The van der Waals surface area contributed by atoms with Gasteiger partial charge >= 0.3 is 18.4 Å². The summed E-state index contributed by atoms with van der Waals surface area (Å²) in [7, 11) is 0. The number of amides is 2. The molecule has 4 rings (SSSR count). The molecule has 1 saturated carbocycles. The Morgan fingerprint density at radius 1 is 1.24 bits per heavy atom. The molecule has 1 aliphatic carbocycles. The molecule has 7 nitrogen and oxygen atoms in total. The number of hydrogen-bond acceptors (Lipinski definition) is 5. The number of alkyl halides is 3. The molecule has 0 aromatic carbocycles. The van der Waals surface area contributed by atoms with E-state index in [9.17, 15) is 22.8 Å². The summed E-state index contributed by atoms with van der Waals surface area (Å²) in [5, 5.41) is 2.36. The first kappa shape index (κ1) is 20.6. The molecule has 10 heteroatoms. The van der Waals surface area contributed by atoms with Crippen LogP contribution in [-0.4, -0.2) is 78.6 Å². The molecule has 2 amide bonds. The van der Waals surface area contributed by atoms with Crippen LogP contribution in [0.15, 0.2) is 0 Å². The third-order valence-electron chi connectivity index (χ3n) is 7.12. The van der Waals surface area contributed by atoms with Crippen LogP contribution in [0.3, 0.4) is 0 Å². The van der Waals surface area contributed by atoms with Crippen LogP contribution in [-0.2, 0) is 9.47 Å². The third kappa shape index (κ3) is 4.00.